The Hall–Kier alpha value is -0.280. The van der Waals surface area contributed by atoms with E-state index in [2.05, 4.69) is 12.2 Å². The van der Waals surface area contributed by atoms with E-state index in [1.807, 2.05) is 0 Å². The van der Waals surface area contributed by atoms with Crippen LogP contribution in [-0.4, -0.2) is 18.0 Å². The largest absolute Gasteiger partial charge is 0.354 e. The Balaban J connectivity index is 0.00000180. The number of carbonyl (C=O) groups excluding carboxylic acids is 1. The third kappa shape index (κ3) is 4.96. The molecule has 0 saturated heterocycles. The third-order valence-electron chi connectivity index (χ3n) is 4.72. The van der Waals surface area contributed by atoms with Gasteiger partial charge in [0.15, 0.2) is 0 Å². The Bertz CT molecular complexity index is 284. The molecular formula is C15H29ClN2O. The first-order valence-corrected chi connectivity index (χ1v) is 7.71. The lowest BCUT2D eigenvalue weighted by Crippen LogP contribution is -2.44. The molecule has 0 heterocycles. The minimum atomic E-state index is -0.502. The average molecular weight is 289 g/mol. The number of carbonyl (C=O) groups is 1. The first-order chi connectivity index (χ1) is 8.64. The van der Waals surface area contributed by atoms with Gasteiger partial charge < -0.3 is 11.1 Å². The van der Waals surface area contributed by atoms with E-state index in [9.17, 15) is 4.79 Å². The van der Waals surface area contributed by atoms with E-state index >= 15 is 0 Å². The number of halogens is 1. The van der Waals surface area contributed by atoms with Crippen LogP contribution in [0.1, 0.15) is 64.7 Å². The maximum Gasteiger partial charge on any atom is 0.240 e. The van der Waals surface area contributed by atoms with Gasteiger partial charge in [-0.2, -0.15) is 0 Å². The number of nitrogens with two attached hydrogens (primary N) is 1. The summed E-state index contributed by atoms with van der Waals surface area (Å²) in [6, 6.07) is 0. The summed E-state index contributed by atoms with van der Waals surface area (Å²) in [4.78, 5) is 11.7. The summed E-state index contributed by atoms with van der Waals surface area (Å²) in [5.41, 5.74) is 5.37. The van der Waals surface area contributed by atoms with Crippen molar-refractivity contribution in [1.82, 2.24) is 5.32 Å². The number of hydrogen-bond acceptors (Lipinski definition) is 2. The van der Waals surface area contributed by atoms with Gasteiger partial charge in [0, 0.05) is 6.54 Å². The van der Waals surface area contributed by atoms with Gasteiger partial charge in [0.05, 0.1) is 5.54 Å². The molecule has 0 aromatic heterocycles. The molecule has 19 heavy (non-hydrogen) atoms. The Morgan fingerprint density at radius 2 is 1.79 bits per heavy atom. The maximum atomic E-state index is 11.7. The molecule has 2 aliphatic rings. The van der Waals surface area contributed by atoms with E-state index in [0.717, 1.165) is 25.3 Å². The molecule has 4 heteroatoms. The fourth-order valence-electron chi connectivity index (χ4n) is 2.99. The molecule has 0 bridgehead atoms. The van der Waals surface area contributed by atoms with E-state index < -0.39 is 5.54 Å². The topological polar surface area (TPSA) is 55.1 Å². The molecule has 3 N–H and O–H groups in total. The minimum absolute atomic E-state index is 0. The molecule has 0 radical (unpaired) electrons. The molecule has 0 aliphatic heterocycles. The molecule has 0 unspecified atom stereocenters. The van der Waals surface area contributed by atoms with E-state index in [-0.39, 0.29) is 18.3 Å². The van der Waals surface area contributed by atoms with Gasteiger partial charge >= 0.3 is 0 Å². The van der Waals surface area contributed by atoms with Crippen molar-refractivity contribution in [3.63, 3.8) is 0 Å². The second-order valence-corrected chi connectivity index (χ2v) is 6.40. The first kappa shape index (κ1) is 16.8. The highest BCUT2D eigenvalue weighted by molar-refractivity contribution is 5.88. The predicted molar refractivity (Wildman–Crippen MR) is 81.4 cm³/mol. The van der Waals surface area contributed by atoms with Crippen molar-refractivity contribution < 1.29 is 4.79 Å². The number of amides is 1. The monoisotopic (exact) mass is 288 g/mol. The van der Waals surface area contributed by atoms with Crippen molar-refractivity contribution in [1.29, 1.82) is 0 Å². The van der Waals surface area contributed by atoms with Crippen LogP contribution in [0.2, 0.25) is 0 Å². The average Bonchev–Trinajstić information content (AvgIpc) is 3.14. The van der Waals surface area contributed by atoms with Crippen LogP contribution >= 0.6 is 12.4 Å². The van der Waals surface area contributed by atoms with Gasteiger partial charge in [-0.3, -0.25) is 4.79 Å². The van der Waals surface area contributed by atoms with Gasteiger partial charge in [0.2, 0.25) is 5.91 Å². The summed E-state index contributed by atoms with van der Waals surface area (Å²) in [5, 5.41) is 3.05. The number of unbranched alkanes of at least 4 members (excludes halogenated alkanes) is 1. The van der Waals surface area contributed by atoms with Crippen LogP contribution in [0.25, 0.3) is 0 Å². The lowest BCUT2D eigenvalue weighted by atomic mass is 9.80. The Morgan fingerprint density at radius 1 is 1.21 bits per heavy atom. The highest BCUT2D eigenvalue weighted by Gasteiger charge is 2.45. The molecule has 0 aromatic rings. The van der Waals surface area contributed by atoms with E-state index in [1.54, 1.807) is 0 Å². The normalized spacial score (nSPS) is 28.3. The van der Waals surface area contributed by atoms with Gasteiger partial charge in [0.25, 0.3) is 0 Å². The van der Waals surface area contributed by atoms with Crippen molar-refractivity contribution in [2.24, 2.45) is 17.6 Å². The molecule has 2 rings (SSSR count). The Morgan fingerprint density at radius 3 is 2.32 bits per heavy atom. The summed E-state index contributed by atoms with van der Waals surface area (Å²) in [6.07, 6.45) is 11.1. The molecule has 2 fully saturated rings. The van der Waals surface area contributed by atoms with Crippen molar-refractivity contribution in [3.8, 4) is 0 Å². The van der Waals surface area contributed by atoms with Crippen LogP contribution in [0.15, 0.2) is 0 Å². The van der Waals surface area contributed by atoms with Gasteiger partial charge in [-0.05, 0) is 37.5 Å². The van der Waals surface area contributed by atoms with Crippen LogP contribution in [0.3, 0.4) is 0 Å². The zero-order chi connectivity index (χ0) is 13.0. The Labute approximate surface area is 123 Å². The summed E-state index contributed by atoms with van der Waals surface area (Å²) in [6.45, 7) is 3.11. The number of hydrogen-bond donors (Lipinski definition) is 2. The maximum absolute atomic E-state index is 11.7. The predicted octanol–water partition coefficient (Wildman–Crippen LogP) is 3.01. The van der Waals surface area contributed by atoms with Gasteiger partial charge in [-0.25, -0.2) is 0 Å². The summed E-state index contributed by atoms with van der Waals surface area (Å²) < 4.78 is 0. The molecular weight excluding hydrogens is 260 g/mol. The summed E-state index contributed by atoms with van der Waals surface area (Å²) >= 11 is 0. The zero-order valence-corrected chi connectivity index (χ0v) is 12.9. The van der Waals surface area contributed by atoms with Crippen LogP contribution in [0.4, 0.5) is 0 Å². The molecule has 1 amide bonds. The third-order valence-corrected chi connectivity index (χ3v) is 4.72. The molecule has 0 spiro atoms. The van der Waals surface area contributed by atoms with Gasteiger partial charge in [-0.15, -0.1) is 12.4 Å². The fraction of sp³-hybridized carbons (Fsp3) is 0.933. The lowest BCUT2D eigenvalue weighted by Gasteiger charge is -2.28. The molecule has 112 valence electrons. The SMILES string of the molecule is CCCCC1CCC(CNC(=O)C2(N)CC2)CC1.Cl. The smallest absolute Gasteiger partial charge is 0.240 e. The minimum Gasteiger partial charge on any atom is -0.354 e. The second kappa shape index (κ2) is 7.49. The van der Waals surface area contributed by atoms with Crippen LogP contribution in [0.5, 0.6) is 0 Å². The van der Waals surface area contributed by atoms with E-state index in [4.69, 9.17) is 5.73 Å². The van der Waals surface area contributed by atoms with Gasteiger partial charge in [-0.1, -0.05) is 39.0 Å². The molecule has 3 nitrogen and oxygen atoms in total. The van der Waals surface area contributed by atoms with Crippen molar-refractivity contribution >= 4 is 18.3 Å². The van der Waals surface area contributed by atoms with Crippen molar-refractivity contribution in [3.05, 3.63) is 0 Å². The van der Waals surface area contributed by atoms with E-state index in [0.29, 0.717) is 5.92 Å². The van der Waals surface area contributed by atoms with Crippen LogP contribution in [-0.2, 0) is 4.79 Å². The first-order valence-electron chi connectivity index (χ1n) is 7.71. The standard InChI is InChI=1S/C15H28N2O.ClH/c1-2-3-4-12-5-7-13(8-6-12)11-17-14(18)15(16)9-10-15;/h12-13H,2-11,16H2,1H3,(H,17,18);1H. The molecule has 0 aromatic carbocycles. The van der Waals surface area contributed by atoms with Gasteiger partial charge in [0.1, 0.15) is 0 Å². The summed E-state index contributed by atoms with van der Waals surface area (Å²) in [5.74, 6) is 1.71. The number of nitrogens with one attached hydrogen (secondary N) is 1. The molecule has 2 saturated carbocycles. The Kier molecular flexibility index (Phi) is 6.61. The highest BCUT2D eigenvalue weighted by atomic mass is 35.5. The highest BCUT2D eigenvalue weighted by Crippen LogP contribution is 2.33. The van der Waals surface area contributed by atoms with Crippen molar-refractivity contribution in [2.75, 3.05) is 6.54 Å². The fourth-order valence-corrected chi connectivity index (χ4v) is 2.99. The quantitative estimate of drug-likeness (QED) is 0.789. The van der Waals surface area contributed by atoms with Crippen molar-refractivity contribution in [2.45, 2.75) is 70.3 Å². The lowest BCUT2D eigenvalue weighted by molar-refractivity contribution is -0.123. The van der Waals surface area contributed by atoms with Crippen LogP contribution in [0, 0.1) is 11.8 Å². The van der Waals surface area contributed by atoms with Crippen LogP contribution < -0.4 is 11.1 Å². The van der Waals surface area contributed by atoms with E-state index in [1.165, 1.54) is 44.9 Å². The summed E-state index contributed by atoms with van der Waals surface area (Å²) in [7, 11) is 0. The number of rotatable bonds is 6. The molecule has 2 aliphatic carbocycles. The molecule has 0 atom stereocenters. The zero-order valence-electron chi connectivity index (χ0n) is 12.1. The second-order valence-electron chi connectivity index (χ2n) is 6.40.